The van der Waals surface area contributed by atoms with Crippen LogP contribution in [0.5, 0.6) is 0 Å². The smallest absolute Gasteiger partial charge is 0.0578 e. The van der Waals surface area contributed by atoms with Crippen molar-refractivity contribution in [3.63, 3.8) is 0 Å². The summed E-state index contributed by atoms with van der Waals surface area (Å²) >= 11 is 0. The van der Waals surface area contributed by atoms with Crippen LogP contribution in [-0.4, -0.2) is 157 Å². The summed E-state index contributed by atoms with van der Waals surface area (Å²) in [5.41, 5.74) is -4.83. The highest BCUT2D eigenvalue weighted by Gasteiger charge is 2.78. The van der Waals surface area contributed by atoms with E-state index in [2.05, 4.69) is 0 Å². The Balaban J connectivity index is 0.933. The van der Waals surface area contributed by atoms with Crippen LogP contribution in [0.25, 0.3) is 0 Å². The number of aliphatic hydroxyl groups excluding tert-OH is 14. The lowest BCUT2D eigenvalue weighted by atomic mass is 9.26. The summed E-state index contributed by atoms with van der Waals surface area (Å²) in [6.45, 7) is 6.49. The highest BCUT2D eigenvalue weighted by Crippen LogP contribution is 2.85. The van der Waals surface area contributed by atoms with Gasteiger partial charge >= 0.3 is 0 Å². The van der Waals surface area contributed by atoms with Crippen LogP contribution in [0.1, 0.15) is 180 Å². The molecule has 0 heterocycles. The minimum Gasteiger partial charge on any atom is -0.393 e. The topological polar surface area (TPSA) is 283 Å². The van der Waals surface area contributed by atoms with Gasteiger partial charge in [-0.15, -0.1) is 0 Å². The van der Waals surface area contributed by atoms with Crippen LogP contribution in [0.4, 0.5) is 0 Å². The maximum absolute atomic E-state index is 13.7. The summed E-state index contributed by atoms with van der Waals surface area (Å²) in [4.78, 5) is 0. The number of aliphatic hydroxyl groups is 14. The molecule has 5 radical (unpaired) electrons. The predicted molar refractivity (Wildman–Crippen MR) is 281 cm³/mol. The number of hydrogen-bond acceptors (Lipinski definition) is 14. The van der Waals surface area contributed by atoms with E-state index in [1.54, 1.807) is 19.3 Å². The Bertz CT molecular complexity index is 2020. The highest BCUT2D eigenvalue weighted by atomic mass is 16.3. The Morgan fingerprint density at radius 1 is 0.247 bits per heavy atom. The van der Waals surface area contributed by atoms with Crippen molar-refractivity contribution in [1.82, 2.24) is 0 Å². The van der Waals surface area contributed by atoms with Gasteiger partial charge in [-0.05, 0) is 303 Å². The Labute approximate surface area is 457 Å². The van der Waals surface area contributed by atoms with Crippen LogP contribution in [0.15, 0.2) is 0 Å². The molecule has 0 amide bonds. The molecular weight excluding hydrogens is 981 g/mol. The third kappa shape index (κ3) is 8.69. The summed E-state index contributed by atoms with van der Waals surface area (Å²) in [6, 6.07) is 0. The fourth-order valence-electron chi connectivity index (χ4n) is 25.9. The van der Waals surface area contributed by atoms with Gasteiger partial charge < -0.3 is 71.5 Å². The van der Waals surface area contributed by atoms with E-state index in [1.165, 1.54) is 0 Å². The molecule has 15 saturated carbocycles. The molecule has 0 spiro atoms. The van der Waals surface area contributed by atoms with Crippen molar-refractivity contribution in [2.24, 2.45) is 96.6 Å². The van der Waals surface area contributed by atoms with Crippen molar-refractivity contribution in [3.05, 3.63) is 26.2 Å². The first kappa shape index (κ1) is 55.6. The van der Waals surface area contributed by atoms with Crippen molar-refractivity contribution >= 4 is 0 Å². The van der Waals surface area contributed by atoms with Crippen LogP contribution in [0, 0.1) is 123 Å². The lowest BCUT2D eigenvalue weighted by Crippen LogP contribution is -2.73. The maximum atomic E-state index is 13.7. The summed E-state index contributed by atoms with van der Waals surface area (Å²) in [7, 11) is 0. The number of hydrogen-bond donors (Lipinski definition) is 14. The molecule has 15 aliphatic rings. The largest absolute Gasteiger partial charge is 0.393 e. The summed E-state index contributed by atoms with van der Waals surface area (Å²) in [5, 5.41) is 170. The normalized spacial score (nSPS) is 62.5. The standard InChI is InChI=1S/C63H97O14/c1-33-12-53(75)44(18-52(33)74)61-25-59(42-16-37(67)5-10-50(42)72)24-60(26-61,43-17-38(68)6-11-51(43)73)31-63(30-59,32-61)46-20-54(76)45(19-55(46)77)62-27-56(39-13-34(64)2-7-47(39)69)21-57(28-62,40-14-35(65)3-8-48(40)70)23-58(22-56,29-62)41-15-36(66)4-9-49(41)71/h1-3,5,33-55,64-77H,4,6-32H2. The zero-order chi connectivity index (χ0) is 54.2. The quantitative estimate of drug-likeness (QED) is 0.164. The summed E-state index contributed by atoms with van der Waals surface area (Å²) < 4.78 is 0. The van der Waals surface area contributed by atoms with Gasteiger partial charge in [0.2, 0.25) is 0 Å². The zero-order valence-corrected chi connectivity index (χ0v) is 45.6. The highest BCUT2D eigenvalue weighted by molar-refractivity contribution is 5.28. The molecule has 433 valence electrons. The van der Waals surface area contributed by atoms with Gasteiger partial charge in [-0.25, -0.2) is 0 Å². The van der Waals surface area contributed by atoms with Gasteiger partial charge in [-0.1, -0.05) is 0 Å². The van der Waals surface area contributed by atoms with Gasteiger partial charge in [-0.2, -0.15) is 0 Å². The van der Waals surface area contributed by atoms with Crippen molar-refractivity contribution in [2.45, 2.75) is 265 Å². The van der Waals surface area contributed by atoms with Crippen LogP contribution in [0.3, 0.4) is 0 Å². The van der Waals surface area contributed by atoms with E-state index in [9.17, 15) is 71.5 Å². The molecule has 15 rings (SSSR count). The van der Waals surface area contributed by atoms with Crippen LogP contribution in [0.2, 0.25) is 0 Å². The molecule has 14 nitrogen and oxygen atoms in total. The molecule has 14 N–H and O–H groups in total. The maximum Gasteiger partial charge on any atom is 0.0578 e. The van der Waals surface area contributed by atoms with E-state index in [0.717, 1.165) is 0 Å². The summed E-state index contributed by atoms with van der Waals surface area (Å²) in [6.07, 6.45) is 8.56. The predicted octanol–water partition coefficient (Wildman–Crippen LogP) is 3.90. The van der Waals surface area contributed by atoms with Gasteiger partial charge in [0.25, 0.3) is 0 Å². The first-order valence-electron chi connectivity index (χ1n) is 31.2. The molecule has 0 aliphatic heterocycles. The molecule has 0 saturated heterocycles. The molecular formula is C63H97O14. The molecule has 29 unspecified atom stereocenters. The van der Waals surface area contributed by atoms with E-state index in [1.807, 2.05) is 0 Å². The van der Waals surface area contributed by atoms with Crippen molar-refractivity contribution in [1.29, 1.82) is 0 Å². The molecule has 0 aromatic carbocycles. The van der Waals surface area contributed by atoms with Gasteiger partial charge in [-0.3, -0.25) is 0 Å². The van der Waals surface area contributed by atoms with Gasteiger partial charge in [0.1, 0.15) is 0 Å². The first-order valence-corrected chi connectivity index (χ1v) is 31.2. The number of rotatable bonds is 8. The Morgan fingerprint density at radius 2 is 0.481 bits per heavy atom. The van der Waals surface area contributed by atoms with Gasteiger partial charge in [0, 0.05) is 0 Å². The van der Waals surface area contributed by atoms with Crippen molar-refractivity contribution < 1.29 is 71.5 Å². The Kier molecular flexibility index (Phi) is 13.9. The van der Waals surface area contributed by atoms with E-state index in [0.29, 0.717) is 154 Å². The molecule has 8 bridgehead atoms. The van der Waals surface area contributed by atoms with Crippen LogP contribution >= 0.6 is 0 Å². The van der Waals surface area contributed by atoms with Crippen LogP contribution < -0.4 is 0 Å². The third-order valence-electron chi connectivity index (χ3n) is 27.0. The Morgan fingerprint density at radius 3 is 0.766 bits per heavy atom. The second-order valence-electron chi connectivity index (χ2n) is 31.3. The van der Waals surface area contributed by atoms with E-state index in [-0.39, 0.29) is 61.2 Å². The van der Waals surface area contributed by atoms with Gasteiger partial charge in [0.05, 0.1) is 85.5 Å². The molecule has 15 aliphatic carbocycles. The molecule has 77 heavy (non-hydrogen) atoms. The average molecular weight is 1080 g/mol. The minimum absolute atomic E-state index is 0.227. The first-order chi connectivity index (χ1) is 36.4. The average Bonchev–Trinajstić information content (AvgIpc) is 1.75. The fraction of sp³-hybridized carbons (Fsp3) is 0.937. The molecule has 0 aromatic rings. The molecule has 29 atom stereocenters. The van der Waals surface area contributed by atoms with Gasteiger partial charge in [0.15, 0.2) is 0 Å². The molecule has 0 aromatic heterocycles. The second-order valence-corrected chi connectivity index (χ2v) is 31.3. The zero-order valence-electron chi connectivity index (χ0n) is 45.6. The summed E-state index contributed by atoms with van der Waals surface area (Å²) in [5.74, 6) is -3.42. The van der Waals surface area contributed by atoms with Crippen molar-refractivity contribution in [3.8, 4) is 0 Å². The second kappa shape index (κ2) is 19.2. The van der Waals surface area contributed by atoms with E-state index < -0.39 is 147 Å². The van der Waals surface area contributed by atoms with Crippen molar-refractivity contribution in [2.75, 3.05) is 0 Å². The lowest BCUT2D eigenvalue weighted by Gasteiger charge is -2.79. The van der Waals surface area contributed by atoms with E-state index >= 15 is 0 Å². The fourth-order valence-corrected chi connectivity index (χ4v) is 25.9. The lowest BCUT2D eigenvalue weighted by molar-refractivity contribution is -0.316. The SMILES string of the molecule is [CH]C1CC(O)C(C23CC4(C5CC(O)[CH]CC5O)CC(C5CC(O)CCC5O)(C2)CC(C2CC(O)C(C56CC7(C8CC(O)[CH]CC8O)CC(C8CC(O)[CH]CC8O)(CC(C8CC(O)CCC8O)(C7)C5)C6)CC2O)(C4)C3)CC1O. The third-order valence-corrected chi connectivity index (χ3v) is 27.0. The molecule has 14 heteroatoms. The van der Waals surface area contributed by atoms with E-state index in [4.69, 9.17) is 6.92 Å². The Hall–Kier alpha value is -0.560. The molecule has 15 fully saturated rings. The van der Waals surface area contributed by atoms with Crippen LogP contribution in [-0.2, 0) is 0 Å². The monoisotopic (exact) mass is 1080 g/mol. The minimum atomic E-state index is -0.913.